The molecular weight excluding hydrogens is 584 g/mol. The van der Waals surface area contributed by atoms with Crippen LogP contribution < -0.4 is 9.80 Å². The number of phenolic OH excluding ortho intramolecular Hbond substituents is 1. The zero-order chi connectivity index (χ0) is 31.1. The van der Waals surface area contributed by atoms with Crippen molar-refractivity contribution in [3.8, 4) is 5.75 Å². The van der Waals surface area contributed by atoms with Crippen molar-refractivity contribution in [2.75, 3.05) is 9.80 Å². The largest absolute Gasteiger partial charge is 0.508 e. The molecule has 6 atom stereocenters. The molecule has 2 aliphatic carbocycles. The van der Waals surface area contributed by atoms with Gasteiger partial charge >= 0.3 is 5.97 Å². The van der Waals surface area contributed by atoms with E-state index >= 15 is 0 Å². The molecule has 0 radical (unpaired) electrons. The van der Waals surface area contributed by atoms with Crippen LogP contribution >= 0.6 is 11.6 Å². The number of carbonyl (C=O) groups is 5. The Balaban J connectivity index is 1.37. The Bertz CT molecular complexity index is 1820. The minimum atomic E-state index is -1.31. The first-order valence-corrected chi connectivity index (χ1v) is 14.7. The summed E-state index contributed by atoms with van der Waals surface area (Å²) in [5, 5.41) is 20.9. The van der Waals surface area contributed by atoms with Gasteiger partial charge in [-0.25, -0.2) is 9.69 Å². The highest BCUT2D eigenvalue weighted by molar-refractivity contribution is 6.30. The minimum absolute atomic E-state index is 0.0576. The number of phenols is 1. The van der Waals surface area contributed by atoms with Gasteiger partial charge in [-0.2, -0.15) is 0 Å². The number of amides is 4. The molecule has 2 aliphatic heterocycles. The smallest absolute Gasteiger partial charge is 0.335 e. The van der Waals surface area contributed by atoms with Crippen molar-refractivity contribution >= 4 is 52.6 Å². The summed E-state index contributed by atoms with van der Waals surface area (Å²) in [7, 11) is 0. The first-order valence-electron chi connectivity index (χ1n) is 14.4. The summed E-state index contributed by atoms with van der Waals surface area (Å²) in [6, 6.07) is 18.9. The normalized spacial score (nSPS) is 29.3. The summed E-state index contributed by atoms with van der Waals surface area (Å²) in [4.78, 5) is 70.3. The van der Waals surface area contributed by atoms with E-state index in [0.717, 1.165) is 4.90 Å². The number of imide groups is 2. The number of nitrogens with zero attached hydrogens (tertiary/aromatic N) is 2. The molecule has 0 bridgehead atoms. The molecule has 4 amide bonds. The molecule has 44 heavy (non-hydrogen) atoms. The Hall–Kier alpha value is -4.76. The molecule has 2 N–H and O–H groups in total. The number of allylic oxidation sites excluding steroid dienone is 2. The van der Waals surface area contributed by atoms with E-state index in [2.05, 4.69) is 0 Å². The number of anilines is 2. The number of aromatic carboxylic acids is 1. The quantitative estimate of drug-likeness (QED) is 0.307. The molecule has 3 fully saturated rings. The fraction of sp³-hybridized carbons (Fsp3) is 0.265. The van der Waals surface area contributed by atoms with E-state index in [4.69, 9.17) is 11.6 Å². The van der Waals surface area contributed by atoms with E-state index < -0.39 is 64.6 Å². The maximum Gasteiger partial charge on any atom is 0.335 e. The third kappa shape index (κ3) is 3.81. The highest BCUT2D eigenvalue weighted by Crippen LogP contribution is 2.64. The highest BCUT2D eigenvalue weighted by Gasteiger charge is 2.68. The molecule has 2 saturated heterocycles. The second-order valence-electron chi connectivity index (χ2n) is 12.1. The maximum absolute atomic E-state index is 14.4. The van der Waals surface area contributed by atoms with Crippen LogP contribution in [0.2, 0.25) is 5.02 Å². The van der Waals surface area contributed by atoms with Crippen LogP contribution in [0.1, 0.15) is 41.6 Å². The van der Waals surface area contributed by atoms with E-state index in [0.29, 0.717) is 21.8 Å². The van der Waals surface area contributed by atoms with Crippen molar-refractivity contribution in [2.45, 2.75) is 25.7 Å². The van der Waals surface area contributed by atoms with Crippen LogP contribution in [0.4, 0.5) is 11.4 Å². The van der Waals surface area contributed by atoms with Crippen molar-refractivity contribution in [1.29, 1.82) is 0 Å². The molecule has 10 heteroatoms. The van der Waals surface area contributed by atoms with Gasteiger partial charge < -0.3 is 10.2 Å². The molecule has 9 nitrogen and oxygen atoms in total. The maximum atomic E-state index is 14.4. The summed E-state index contributed by atoms with van der Waals surface area (Å²) in [5.41, 5.74) is 0.310. The number of para-hydroxylation sites is 1. The standard InChI is InChI=1S/C34H27ClN2O7/c1-34-25(30(40)37(33(34)44)19-7-3-2-4-8-19)16-23-21(28(34)24-15-18(35)10-13-26(24)38)11-12-22-27(23)31(41)36(29(22)39)20-9-5-6-17(14-20)32(42)43/h2-11,13-15,22-23,25,27-28,38H,12,16H2,1H3,(H,42,43)/t22-,23+,25-,27-,28+,34+/m0/s1. The molecule has 0 spiro atoms. The van der Waals surface area contributed by atoms with Gasteiger partial charge in [-0.1, -0.05) is 47.5 Å². The van der Waals surface area contributed by atoms with E-state index in [1.165, 1.54) is 41.3 Å². The molecule has 4 aliphatic rings. The Morgan fingerprint density at radius 3 is 2.32 bits per heavy atom. The number of carbonyl (C=O) groups excluding carboxylic acids is 4. The van der Waals surface area contributed by atoms with Gasteiger partial charge in [0.1, 0.15) is 5.75 Å². The molecule has 2 heterocycles. The molecule has 7 rings (SSSR count). The number of carboxylic acid groups (broad SMARTS) is 1. The highest BCUT2D eigenvalue weighted by atomic mass is 35.5. The van der Waals surface area contributed by atoms with Gasteiger partial charge in [0.2, 0.25) is 23.6 Å². The lowest BCUT2D eigenvalue weighted by Gasteiger charge is -2.49. The van der Waals surface area contributed by atoms with Crippen LogP contribution in [0.5, 0.6) is 5.75 Å². The summed E-state index contributed by atoms with van der Waals surface area (Å²) in [5.74, 6) is -6.82. The van der Waals surface area contributed by atoms with Crippen LogP contribution in [0.15, 0.2) is 84.4 Å². The average Bonchev–Trinajstić information content (AvgIpc) is 3.38. The zero-order valence-electron chi connectivity index (χ0n) is 23.5. The van der Waals surface area contributed by atoms with Gasteiger partial charge in [0, 0.05) is 16.5 Å². The minimum Gasteiger partial charge on any atom is -0.508 e. The van der Waals surface area contributed by atoms with Crippen molar-refractivity contribution in [1.82, 2.24) is 0 Å². The van der Waals surface area contributed by atoms with Crippen LogP contribution in [0.3, 0.4) is 0 Å². The number of hydrogen-bond donors (Lipinski definition) is 2. The molecule has 0 aromatic heterocycles. The Kier molecular flexibility index (Phi) is 6.30. The molecule has 3 aromatic carbocycles. The van der Waals surface area contributed by atoms with Crippen LogP contribution in [0, 0.1) is 29.1 Å². The predicted octanol–water partition coefficient (Wildman–Crippen LogP) is 5.18. The van der Waals surface area contributed by atoms with Gasteiger partial charge in [-0.15, -0.1) is 0 Å². The molecule has 3 aromatic rings. The summed E-state index contributed by atoms with van der Waals surface area (Å²) >= 11 is 6.40. The summed E-state index contributed by atoms with van der Waals surface area (Å²) in [6.07, 6.45) is 2.24. The average molecular weight is 611 g/mol. The second kappa shape index (κ2) is 9.89. The lowest BCUT2D eigenvalue weighted by Crippen LogP contribution is -2.48. The molecule has 222 valence electrons. The summed E-state index contributed by atoms with van der Waals surface area (Å²) < 4.78 is 0. The predicted molar refractivity (Wildman–Crippen MR) is 160 cm³/mol. The monoisotopic (exact) mass is 610 g/mol. The molecule has 0 unspecified atom stereocenters. The number of benzene rings is 3. The zero-order valence-corrected chi connectivity index (χ0v) is 24.3. The van der Waals surface area contributed by atoms with E-state index in [9.17, 15) is 34.2 Å². The first-order chi connectivity index (χ1) is 21.0. The number of hydrogen-bond acceptors (Lipinski definition) is 6. The van der Waals surface area contributed by atoms with Crippen molar-refractivity contribution < 1.29 is 34.2 Å². The van der Waals surface area contributed by atoms with E-state index in [1.807, 2.05) is 6.08 Å². The fourth-order valence-corrected chi connectivity index (χ4v) is 8.15. The lowest BCUT2D eigenvalue weighted by molar-refractivity contribution is -0.131. The number of rotatable bonds is 4. The Labute approximate surface area is 257 Å². The lowest BCUT2D eigenvalue weighted by atomic mass is 9.51. The Morgan fingerprint density at radius 1 is 0.864 bits per heavy atom. The number of aromatic hydroxyl groups is 1. The van der Waals surface area contributed by atoms with Crippen molar-refractivity contribution in [3.05, 3.63) is 101 Å². The molecule has 1 saturated carbocycles. The fourth-order valence-electron chi connectivity index (χ4n) is 7.97. The number of fused-ring (bicyclic) bond motifs is 4. The van der Waals surface area contributed by atoms with Crippen molar-refractivity contribution in [3.63, 3.8) is 0 Å². The second-order valence-corrected chi connectivity index (χ2v) is 12.5. The third-order valence-corrected chi connectivity index (χ3v) is 10.2. The topological polar surface area (TPSA) is 132 Å². The van der Waals surface area contributed by atoms with Crippen LogP contribution in [-0.2, 0) is 19.2 Å². The van der Waals surface area contributed by atoms with Gasteiger partial charge in [0.15, 0.2) is 0 Å². The van der Waals surface area contributed by atoms with Crippen LogP contribution in [-0.4, -0.2) is 39.8 Å². The van der Waals surface area contributed by atoms with Gasteiger partial charge in [0.25, 0.3) is 0 Å². The van der Waals surface area contributed by atoms with Crippen LogP contribution in [0.25, 0.3) is 0 Å². The van der Waals surface area contributed by atoms with Gasteiger partial charge in [-0.3, -0.25) is 24.1 Å². The van der Waals surface area contributed by atoms with Gasteiger partial charge in [-0.05, 0) is 74.2 Å². The van der Waals surface area contributed by atoms with E-state index in [1.54, 1.807) is 43.3 Å². The molecular formula is C34H27ClN2O7. The number of carboxylic acids is 1. The number of halogens is 1. The van der Waals surface area contributed by atoms with Gasteiger partial charge in [0.05, 0.1) is 40.1 Å². The van der Waals surface area contributed by atoms with E-state index in [-0.39, 0.29) is 29.8 Å². The third-order valence-electron chi connectivity index (χ3n) is 9.94. The SMILES string of the molecule is C[C@@]12C(=O)N(c3ccccc3)C(=O)[C@@H]1C[C@@H]1C(=CC[C@@H]3C(=O)N(c4cccc(C(=O)O)c4)C(=O)[C@@H]31)[C@@H]2c1cc(Cl)ccc1O. The summed E-state index contributed by atoms with van der Waals surface area (Å²) in [6.45, 7) is 1.74. The van der Waals surface area contributed by atoms with Crippen molar-refractivity contribution in [2.24, 2.45) is 29.1 Å². The first kappa shape index (κ1) is 28.0. The Morgan fingerprint density at radius 2 is 1.59 bits per heavy atom.